The number of nitrogens with one attached hydrogen (secondary N) is 1. The molecule has 1 fully saturated rings. The fourth-order valence-corrected chi connectivity index (χ4v) is 2.78. The number of hydrogen-bond donors (Lipinski definition) is 2. The van der Waals surface area contributed by atoms with Crippen LogP contribution < -0.4 is 20.6 Å². The van der Waals surface area contributed by atoms with Crippen LogP contribution in [0.3, 0.4) is 0 Å². The van der Waals surface area contributed by atoms with Crippen LogP contribution in [0.5, 0.6) is 11.5 Å². The summed E-state index contributed by atoms with van der Waals surface area (Å²) in [5.74, 6) is 1.31. The van der Waals surface area contributed by atoms with Gasteiger partial charge < -0.3 is 19.9 Å². The minimum Gasteiger partial charge on any atom is -0.486 e. The molecule has 2 aliphatic rings. The number of morpholine rings is 1. The van der Waals surface area contributed by atoms with Crippen LogP contribution >= 0.6 is 11.6 Å². The summed E-state index contributed by atoms with van der Waals surface area (Å²) >= 11 is 6.28. The second kappa shape index (κ2) is 6.81. The van der Waals surface area contributed by atoms with Crippen molar-refractivity contribution in [1.29, 1.82) is 0 Å². The van der Waals surface area contributed by atoms with Crippen LogP contribution in [0.15, 0.2) is 12.1 Å². The maximum Gasteiger partial charge on any atom is 0.179 e. The first-order chi connectivity index (χ1) is 10.3. The number of nitrogens with two attached hydrogens (primary N) is 1. The van der Waals surface area contributed by atoms with Gasteiger partial charge >= 0.3 is 0 Å². The number of hydrazine groups is 1. The van der Waals surface area contributed by atoms with E-state index in [1.165, 1.54) is 0 Å². The van der Waals surface area contributed by atoms with Crippen LogP contribution in [0.1, 0.15) is 11.6 Å². The molecule has 1 unspecified atom stereocenters. The van der Waals surface area contributed by atoms with Crippen molar-refractivity contribution in [3.63, 3.8) is 0 Å². The average Bonchev–Trinajstić information content (AvgIpc) is 2.53. The Morgan fingerprint density at radius 2 is 1.95 bits per heavy atom. The topological polar surface area (TPSA) is 69.0 Å². The van der Waals surface area contributed by atoms with Crippen molar-refractivity contribution in [2.75, 3.05) is 46.1 Å². The molecule has 6 nitrogen and oxygen atoms in total. The molecule has 0 aromatic heterocycles. The van der Waals surface area contributed by atoms with Crippen molar-refractivity contribution in [1.82, 2.24) is 10.4 Å². The molecular weight excluding hydrogens is 294 g/mol. The number of benzene rings is 1. The van der Waals surface area contributed by atoms with Gasteiger partial charge in [-0.15, -0.1) is 0 Å². The number of fused-ring (bicyclic) bond motifs is 1. The Kier molecular flexibility index (Phi) is 4.82. The van der Waals surface area contributed by atoms with Crippen LogP contribution in [-0.2, 0) is 4.74 Å². The average molecular weight is 314 g/mol. The molecule has 0 bridgehead atoms. The van der Waals surface area contributed by atoms with Gasteiger partial charge in [-0.2, -0.15) is 0 Å². The molecule has 0 saturated carbocycles. The van der Waals surface area contributed by atoms with Crippen LogP contribution in [0, 0.1) is 0 Å². The van der Waals surface area contributed by atoms with Gasteiger partial charge in [-0.05, 0) is 17.7 Å². The molecule has 0 amide bonds. The minimum absolute atomic E-state index is 0.0172. The molecule has 1 saturated heterocycles. The largest absolute Gasteiger partial charge is 0.486 e. The van der Waals surface area contributed by atoms with Crippen molar-refractivity contribution in [3.05, 3.63) is 22.7 Å². The summed E-state index contributed by atoms with van der Waals surface area (Å²) in [6.07, 6.45) is 0. The van der Waals surface area contributed by atoms with Crippen molar-refractivity contribution < 1.29 is 14.2 Å². The van der Waals surface area contributed by atoms with E-state index in [1.54, 1.807) is 0 Å². The Morgan fingerprint density at radius 3 is 2.71 bits per heavy atom. The van der Waals surface area contributed by atoms with E-state index in [-0.39, 0.29) is 6.04 Å². The third-order valence-corrected chi connectivity index (χ3v) is 3.89. The third-order valence-electron chi connectivity index (χ3n) is 3.61. The Morgan fingerprint density at radius 1 is 1.19 bits per heavy atom. The lowest BCUT2D eigenvalue weighted by Gasteiger charge is -2.32. The summed E-state index contributed by atoms with van der Waals surface area (Å²) in [6, 6.07) is 3.82. The fourth-order valence-electron chi connectivity index (χ4n) is 2.51. The molecule has 21 heavy (non-hydrogen) atoms. The molecule has 1 aromatic carbocycles. The van der Waals surface area contributed by atoms with Gasteiger partial charge in [-0.25, -0.2) is 10.4 Å². The number of rotatable bonds is 4. The van der Waals surface area contributed by atoms with Gasteiger partial charge in [0.2, 0.25) is 0 Å². The summed E-state index contributed by atoms with van der Waals surface area (Å²) in [5.41, 5.74) is 10.3. The van der Waals surface area contributed by atoms with Gasteiger partial charge in [0, 0.05) is 19.6 Å². The van der Waals surface area contributed by atoms with Gasteiger partial charge in [0.25, 0.3) is 0 Å². The first kappa shape index (κ1) is 14.9. The first-order valence-corrected chi connectivity index (χ1v) is 7.53. The van der Waals surface area contributed by atoms with Crippen molar-refractivity contribution in [3.8, 4) is 11.5 Å². The lowest BCUT2D eigenvalue weighted by Crippen LogP contribution is -2.48. The summed E-state index contributed by atoms with van der Waals surface area (Å²) < 4.78 is 16.5. The molecule has 7 heteroatoms. The highest BCUT2D eigenvalue weighted by molar-refractivity contribution is 6.32. The van der Waals surface area contributed by atoms with Crippen LogP contribution in [-0.4, -0.2) is 51.1 Å². The van der Waals surface area contributed by atoms with E-state index in [0.29, 0.717) is 36.3 Å². The molecule has 0 spiro atoms. The summed E-state index contributed by atoms with van der Waals surface area (Å²) in [6.45, 7) is 4.67. The first-order valence-electron chi connectivity index (χ1n) is 7.16. The van der Waals surface area contributed by atoms with Crippen molar-refractivity contribution in [2.24, 2.45) is 5.73 Å². The van der Waals surface area contributed by atoms with Gasteiger partial charge in [0.1, 0.15) is 13.2 Å². The van der Waals surface area contributed by atoms with Crippen molar-refractivity contribution >= 4 is 11.6 Å². The molecule has 0 radical (unpaired) electrons. The normalized spacial score (nSPS) is 20.3. The van der Waals surface area contributed by atoms with Gasteiger partial charge in [0.05, 0.1) is 24.3 Å². The van der Waals surface area contributed by atoms with Crippen LogP contribution in [0.25, 0.3) is 0 Å². The molecule has 2 aliphatic heterocycles. The molecule has 1 atom stereocenters. The SMILES string of the molecule is NCC(NN1CCOCC1)c1cc(Cl)c2c(c1)OCCO2. The number of ether oxygens (including phenoxy) is 3. The highest BCUT2D eigenvalue weighted by atomic mass is 35.5. The third kappa shape index (κ3) is 3.41. The highest BCUT2D eigenvalue weighted by Gasteiger charge is 2.21. The zero-order chi connectivity index (χ0) is 14.7. The summed E-state index contributed by atoms with van der Waals surface area (Å²) in [5, 5.41) is 2.69. The lowest BCUT2D eigenvalue weighted by molar-refractivity contribution is 0.00401. The molecule has 116 valence electrons. The van der Waals surface area contributed by atoms with Gasteiger partial charge in [-0.3, -0.25) is 0 Å². The molecule has 2 heterocycles. The van der Waals surface area contributed by atoms with Crippen LogP contribution in [0.2, 0.25) is 5.02 Å². The zero-order valence-electron chi connectivity index (χ0n) is 11.8. The Hall–Kier alpha value is -1.05. The Bertz CT molecular complexity index is 495. The maximum atomic E-state index is 6.28. The van der Waals surface area contributed by atoms with E-state index >= 15 is 0 Å². The summed E-state index contributed by atoms with van der Waals surface area (Å²) in [4.78, 5) is 0. The number of hydrogen-bond acceptors (Lipinski definition) is 6. The van der Waals surface area contributed by atoms with Gasteiger partial charge in [-0.1, -0.05) is 11.6 Å². The Labute approximate surface area is 129 Å². The van der Waals surface area contributed by atoms with E-state index in [9.17, 15) is 0 Å². The van der Waals surface area contributed by atoms with E-state index in [1.807, 2.05) is 12.1 Å². The molecule has 3 rings (SSSR count). The molecular formula is C14H20ClN3O3. The van der Waals surface area contributed by atoms with E-state index in [2.05, 4.69) is 10.4 Å². The van der Waals surface area contributed by atoms with E-state index < -0.39 is 0 Å². The van der Waals surface area contributed by atoms with E-state index in [0.717, 1.165) is 31.9 Å². The monoisotopic (exact) mass is 313 g/mol. The predicted octanol–water partition coefficient (Wildman–Crippen LogP) is 0.948. The summed E-state index contributed by atoms with van der Waals surface area (Å²) in [7, 11) is 0. The number of halogens is 1. The van der Waals surface area contributed by atoms with Gasteiger partial charge in [0.15, 0.2) is 11.5 Å². The molecule has 1 aromatic rings. The quantitative estimate of drug-likeness (QED) is 0.862. The lowest BCUT2D eigenvalue weighted by atomic mass is 10.1. The smallest absolute Gasteiger partial charge is 0.179 e. The van der Waals surface area contributed by atoms with Crippen LogP contribution in [0.4, 0.5) is 0 Å². The predicted molar refractivity (Wildman–Crippen MR) is 79.8 cm³/mol. The van der Waals surface area contributed by atoms with Crippen molar-refractivity contribution in [2.45, 2.75) is 6.04 Å². The Balaban J connectivity index is 1.78. The number of nitrogens with zero attached hydrogens (tertiary/aromatic N) is 1. The molecule has 0 aliphatic carbocycles. The zero-order valence-corrected chi connectivity index (χ0v) is 12.6. The highest BCUT2D eigenvalue weighted by Crippen LogP contribution is 2.39. The van der Waals surface area contributed by atoms with E-state index in [4.69, 9.17) is 31.5 Å². The minimum atomic E-state index is -0.0172. The standard InChI is InChI=1S/C14H20ClN3O3/c15-11-7-10(8-13-14(11)21-6-5-20-13)12(9-16)17-18-1-3-19-4-2-18/h7-8,12,17H,1-6,9,16H2. The second-order valence-electron chi connectivity index (χ2n) is 5.04. The fraction of sp³-hybridized carbons (Fsp3) is 0.571. The molecule has 3 N–H and O–H groups in total. The maximum absolute atomic E-state index is 6.28. The second-order valence-corrected chi connectivity index (χ2v) is 5.45.